The number of benzene rings is 2. The molecule has 2 aromatic rings. The molecule has 7 heteroatoms. The average Bonchev–Trinajstić information content (AvgIpc) is 2.60. The third kappa shape index (κ3) is 3.59. The maximum absolute atomic E-state index is 12.8. The van der Waals surface area contributed by atoms with E-state index in [0.717, 1.165) is 0 Å². The summed E-state index contributed by atoms with van der Waals surface area (Å²) in [6.45, 7) is 0. The zero-order chi connectivity index (χ0) is 18.9. The van der Waals surface area contributed by atoms with Crippen molar-refractivity contribution in [1.82, 2.24) is 0 Å². The maximum atomic E-state index is 12.8. The van der Waals surface area contributed by atoms with Crippen molar-refractivity contribution in [3.8, 4) is 11.8 Å². The van der Waals surface area contributed by atoms with E-state index in [1.165, 1.54) is 12.1 Å². The molecule has 136 valence electrons. The molecule has 3 rings (SSSR count). The number of rotatable bonds is 3. The molecule has 1 fully saturated rings. The van der Waals surface area contributed by atoms with Gasteiger partial charge in [-0.05, 0) is 49.3 Å². The molecule has 1 saturated carbocycles. The smallest absolute Gasteiger partial charge is 0.391 e. The van der Waals surface area contributed by atoms with Crippen molar-refractivity contribution < 1.29 is 27.8 Å². The monoisotopic (exact) mass is 363 g/mol. The number of fused-ring (bicyclic) bond motifs is 1. The number of alkyl halides is 3. The molecule has 26 heavy (non-hydrogen) atoms. The molecule has 0 spiro atoms. The van der Waals surface area contributed by atoms with Gasteiger partial charge in [0.25, 0.3) is 0 Å². The zero-order valence-corrected chi connectivity index (χ0v) is 13.7. The Morgan fingerprint density at radius 2 is 1.85 bits per heavy atom. The number of hydrogen-bond donors (Lipinski definition) is 1. The van der Waals surface area contributed by atoms with Gasteiger partial charge in [-0.2, -0.15) is 18.4 Å². The Kier molecular flexibility index (Phi) is 4.77. The molecular weight excluding hydrogens is 347 g/mol. The molecule has 0 heterocycles. The van der Waals surface area contributed by atoms with Gasteiger partial charge in [0.05, 0.1) is 17.6 Å². The Bertz CT molecular complexity index is 878. The van der Waals surface area contributed by atoms with E-state index >= 15 is 0 Å². The second-order valence-corrected chi connectivity index (χ2v) is 6.42. The van der Waals surface area contributed by atoms with Crippen LogP contribution in [0.25, 0.3) is 10.8 Å². The molecular formula is C19H16F3NO3. The highest BCUT2D eigenvalue weighted by Crippen LogP contribution is 2.39. The van der Waals surface area contributed by atoms with Gasteiger partial charge in [-0.25, -0.2) is 4.79 Å². The molecule has 4 nitrogen and oxygen atoms in total. The van der Waals surface area contributed by atoms with Crippen LogP contribution in [0, 0.1) is 17.2 Å². The Morgan fingerprint density at radius 3 is 2.42 bits per heavy atom. The molecule has 1 aliphatic rings. The van der Waals surface area contributed by atoms with E-state index < -0.39 is 18.1 Å². The van der Waals surface area contributed by atoms with Gasteiger partial charge in [0.15, 0.2) is 0 Å². The van der Waals surface area contributed by atoms with Crippen molar-refractivity contribution in [3.05, 3.63) is 41.5 Å². The maximum Gasteiger partial charge on any atom is 0.391 e. The number of halogens is 3. The zero-order valence-electron chi connectivity index (χ0n) is 13.7. The first-order chi connectivity index (χ1) is 12.3. The number of nitriles is 1. The topological polar surface area (TPSA) is 70.3 Å². The Morgan fingerprint density at radius 1 is 1.15 bits per heavy atom. The normalized spacial score (nSPS) is 20.5. The summed E-state index contributed by atoms with van der Waals surface area (Å²) in [5.74, 6) is -2.03. The largest absolute Gasteiger partial charge is 0.489 e. The molecule has 0 saturated heterocycles. The van der Waals surface area contributed by atoms with Gasteiger partial charge in [-0.15, -0.1) is 0 Å². The van der Waals surface area contributed by atoms with E-state index in [-0.39, 0.29) is 42.9 Å². The highest BCUT2D eigenvalue weighted by molar-refractivity contribution is 5.97. The van der Waals surface area contributed by atoms with Crippen LogP contribution >= 0.6 is 0 Å². The molecule has 0 amide bonds. The first-order valence-corrected chi connectivity index (χ1v) is 8.23. The minimum Gasteiger partial charge on any atom is -0.489 e. The molecule has 0 atom stereocenters. The lowest BCUT2D eigenvalue weighted by Gasteiger charge is -2.30. The van der Waals surface area contributed by atoms with Crippen LogP contribution in [0.2, 0.25) is 0 Å². The van der Waals surface area contributed by atoms with E-state index in [2.05, 4.69) is 6.07 Å². The summed E-state index contributed by atoms with van der Waals surface area (Å²) >= 11 is 0. The molecule has 1 aliphatic carbocycles. The predicted octanol–water partition coefficient (Wildman–Crippen LogP) is 4.91. The molecule has 0 bridgehead atoms. The number of hydrogen-bond acceptors (Lipinski definition) is 3. The fourth-order valence-electron chi connectivity index (χ4n) is 3.34. The minimum absolute atomic E-state index is 0.0195. The fourth-order valence-corrected chi connectivity index (χ4v) is 3.34. The van der Waals surface area contributed by atoms with Crippen molar-refractivity contribution in [3.63, 3.8) is 0 Å². The molecule has 0 unspecified atom stereocenters. The van der Waals surface area contributed by atoms with E-state index in [4.69, 9.17) is 9.84 Å². The minimum atomic E-state index is -4.17. The van der Waals surface area contributed by atoms with Gasteiger partial charge in [0.1, 0.15) is 17.4 Å². The van der Waals surface area contributed by atoms with E-state index in [1.807, 2.05) is 0 Å². The van der Waals surface area contributed by atoms with Gasteiger partial charge < -0.3 is 9.84 Å². The van der Waals surface area contributed by atoms with Crippen molar-refractivity contribution in [1.29, 1.82) is 5.26 Å². The van der Waals surface area contributed by atoms with Gasteiger partial charge in [-0.3, -0.25) is 0 Å². The average molecular weight is 363 g/mol. The number of carboxylic acid groups (broad SMARTS) is 1. The summed E-state index contributed by atoms with van der Waals surface area (Å²) < 4.78 is 44.1. The molecule has 2 aromatic carbocycles. The van der Waals surface area contributed by atoms with E-state index in [0.29, 0.717) is 16.5 Å². The van der Waals surface area contributed by atoms with Crippen LogP contribution < -0.4 is 4.74 Å². The van der Waals surface area contributed by atoms with Crippen LogP contribution in [0.4, 0.5) is 13.2 Å². The highest BCUT2D eigenvalue weighted by atomic mass is 19.4. The van der Waals surface area contributed by atoms with Crippen LogP contribution in [0.15, 0.2) is 30.3 Å². The van der Waals surface area contributed by atoms with Crippen LogP contribution in [-0.4, -0.2) is 23.4 Å². The molecule has 0 radical (unpaired) electrons. The summed E-state index contributed by atoms with van der Waals surface area (Å²) in [7, 11) is 0. The summed E-state index contributed by atoms with van der Waals surface area (Å²) in [4.78, 5) is 11.1. The Hall–Kier alpha value is -2.75. The van der Waals surface area contributed by atoms with Crippen LogP contribution in [0.3, 0.4) is 0 Å². The quantitative estimate of drug-likeness (QED) is 0.841. The van der Waals surface area contributed by atoms with Gasteiger partial charge >= 0.3 is 12.1 Å². The summed E-state index contributed by atoms with van der Waals surface area (Å²) in [6.07, 6.45) is -3.93. The number of nitrogens with zero attached hydrogens (tertiary/aromatic N) is 1. The molecule has 1 N–H and O–H groups in total. The van der Waals surface area contributed by atoms with E-state index in [9.17, 15) is 23.2 Å². The third-order valence-corrected chi connectivity index (χ3v) is 4.77. The fraction of sp³-hybridized carbons (Fsp3) is 0.368. The standard InChI is InChI=1S/C19H16F3NO3/c20-19(21,22)13-3-5-14(6-4-13)26-17-8-2-11-9-12(18(24)25)1-7-15(11)16(17)10-23/h1-2,7-9,13-14H,3-6H2,(H,24,25)/t13-,14+. The second kappa shape index (κ2) is 6.87. The lowest BCUT2D eigenvalue weighted by Crippen LogP contribution is -2.32. The van der Waals surface area contributed by atoms with Gasteiger partial charge in [0, 0.05) is 5.39 Å². The summed E-state index contributed by atoms with van der Waals surface area (Å²) in [5, 5.41) is 19.7. The van der Waals surface area contributed by atoms with Crippen LogP contribution in [-0.2, 0) is 0 Å². The third-order valence-electron chi connectivity index (χ3n) is 4.77. The number of carboxylic acids is 1. The Balaban J connectivity index is 1.82. The van der Waals surface area contributed by atoms with Crippen molar-refractivity contribution >= 4 is 16.7 Å². The lowest BCUT2D eigenvalue weighted by atomic mass is 9.87. The number of carbonyl (C=O) groups is 1. The summed E-state index contributed by atoms with van der Waals surface area (Å²) in [5.41, 5.74) is 0.373. The van der Waals surface area contributed by atoms with Crippen LogP contribution in [0.5, 0.6) is 5.75 Å². The van der Waals surface area contributed by atoms with E-state index in [1.54, 1.807) is 18.2 Å². The first-order valence-electron chi connectivity index (χ1n) is 8.23. The molecule has 0 aromatic heterocycles. The first kappa shape index (κ1) is 18.1. The number of aromatic carboxylic acids is 1. The van der Waals surface area contributed by atoms with Gasteiger partial charge in [-0.1, -0.05) is 12.1 Å². The molecule has 0 aliphatic heterocycles. The van der Waals surface area contributed by atoms with Crippen molar-refractivity contribution in [2.45, 2.75) is 38.0 Å². The Labute approximate surface area is 147 Å². The predicted molar refractivity (Wildman–Crippen MR) is 88.1 cm³/mol. The second-order valence-electron chi connectivity index (χ2n) is 6.42. The van der Waals surface area contributed by atoms with Crippen molar-refractivity contribution in [2.24, 2.45) is 5.92 Å². The van der Waals surface area contributed by atoms with Gasteiger partial charge in [0.2, 0.25) is 0 Å². The van der Waals surface area contributed by atoms with Crippen LogP contribution in [0.1, 0.15) is 41.6 Å². The SMILES string of the molecule is N#Cc1c(O[C@H]2CC[C@@H](C(F)(F)F)CC2)ccc2cc(C(=O)O)ccc12. The van der Waals surface area contributed by atoms with Crippen molar-refractivity contribution in [2.75, 3.05) is 0 Å². The lowest BCUT2D eigenvalue weighted by molar-refractivity contribution is -0.185. The summed E-state index contributed by atoms with van der Waals surface area (Å²) in [6, 6.07) is 9.70. The highest BCUT2D eigenvalue weighted by Gasteiger charge is 2.41. The number of ether oxygens (including phenoxy) is 1.